The highest BCUT2D eigenvalue weighted by Gasteiger charge is 2.21. The highest BCUT2D eigenvalue weighted by atomic mass is 16.5. The molecule has 1 fully saturated rings. The Bertz CT molecular complexity index is 979. The minimum absolute atomic E-state index is 0.00932. The Morgan fingerprint density at radius 1 is 0.867 bits per heavy atom. The number of aromatic nitrogens is 1. The van der Waals surface area contributed by atoms with Gasteiger partial charge in [-0.2, -0.15) is 0 Å². The van der Waals surface area contributed by atoms with Crippen molar-refractivity contribution < 1.29 is 9.47 Å². The molecule has 30 heavy (non-hydrogen) atoms. The lowest BCUT2D eigenvalue weighted by atomic mass is 9.97. The van der Waals surface area contributed by atoms with Crippen molar-refractivity contribution in [3.05, 3.63) is 94.4 Å². The van der Waals surface area contributed by atoms with Crippen LogP contribution < -0.4 is 15.0 Å². The van der Waals surface area contributed by atoms with Gasteiger partial charge in [0.1, 0.15) is 6.61 Å². The monoisotopic (exact) mass is 404 g/mol. The summed E-state index contributed by atoms with van der Waals surface area (Å²) in [6.07, 6.45) is 3.81. The summed E-state index contributed by atoms with van der Waals surface area (Å²) in [5.74, 6) is 2.09. The summed E-state index contributed by atoms with van der Waals surface area (Å²) < 4.78 is 12.1. The molecule has 0 unspecified atom stereocenters. The molecule has 4 rings (SSSR count). The number of hydrogen-bond donors (Lipinski definition) is 1. The zero-order chi connectivity index (χ0) is 20.6. The number of para-hydroxylation sites is 2. The van der Waals surface area contributed by atoms with Gasteiger partial charge in [-0.25, -0.2) is 0 Å². The number of likely N-dealkylation sites (tertiary alicyclic amines) is 1. The van der Waals surface area contributed by atoms with Gasteiger partial charge in [0.05, 0.1) is 6.61 Å². The fraction of sp³-hybridized carbons (Fsp3) is 0.320. The lowest BCUT2D eigenvalue weighted by Crippen LogP contribution is -2.36. The molecular formula is C25H28N2O3. The third-order valence-corrected chi connectivity index (χ3v) is 5.56. The third kappa shape index (κ3) is 5.51. The zero-order valence-corrected chi connectivity index (χ0v) is 17.1. The zero-order valence-electron chi connectivity index (χ0n) is 17.1. The van der Waals surface area contributed by atoms with E-state index in [2.05, 4.69) is 22.0 Å². The minimum Gasteiger partial charge on any atom is -0.489 e. The normalized spacial score (nSPS) is 15.1. The van der Waals surface area contributed by atoms with Crippen molar-refractivity contribution in [2.45, 2.75) is 26.0 Å². The predicted molar refractivity (Wildman–Crippen MR) is 118 cm³/mol. The first kappa shape index (κ1) is 20.2. The van der Waals surface area contributed by atoms with Crippen LogP contribution in [0.15, 0.2) is 77.7 Å². The summed E-state index contributed by atoms with van der Waals surface area (Å²) in [7, 11) is 0. The van der Waals surface area contributed by atoms with Crippen LogP contribution in [0, 0.1) is 5.92 Å². The molecule has 1 N–H and O–H groups in total. The number of aromatic amines is 1. The van der Waals surface area contributed by atoms with E-state index >= 15 is 0 Å². The van der Waals surface area contributed by atoms with Crippen molar-refractivity contribution in [3.63, 3.8) is 0 Å². The van der Waals surface area contributed by atoms with Crippen molar-refractivity contribution in [2.75, 3.05) is 19.7 Å². The van der Waals surface area contributed by atoms with Crippen LogP contribution in [0.3, 0.4) is 0 Å². The van der Waals surface area contributed by atoms with Crippen LogP contribution in [-0.2, 0) is 13.2 Å². The average molecular weight is 405 g/mol. The van der Waals surface area contributed by atoms with E-state index in [0.717, 1.165) is 48.6 Å². The van der Waals surface area contributed by atoms with Gasteiger partial charge >= 0.3 is 0 Å². The molecule has 1 aliphatic rings. The van der Waals surface area contributed by atoms with Crippen LogP contribution in [0.2, 0.25) is 0 Å². The highest BCUT2D eigenvalue weighted by Crippen LogP contribution is 2.29. The Hall–Kier alpha value is -3.05. The van der Waals surface area contributed by atoms with Crippen molar-refractivity contribution in [2.24, 2.45) is 5.92 Å². The number of benzene rings is 2. The van der Waals surface area contributed by atoms with Crippen molar-refractivity contribution in [1.82, 2.24) is 9.88 Å². The molecule has 1 saturated heterocycles. The van der Waals surface area contributed by atoms with Crippen LogP contribution in [0.5, 0.6) is 11.5 Å². The molecule has 2 aromatic carbocycles. The Balaban J connectivity index is 1.26. The van der Waals surface area contributed by atoms with Crippen molar-refractivity contribution in [1.29, 1.82) is 0 Å². The summed E-state index contributed by atoms with van der Waals surface area (Å²) in [5.41, 5.74) is 1.98. The first-order valence-corrected chi connectivity index (χ1v) is 10.6. The SMILES string of the molecule is O=c1[nH]cccc1CN1CCC(COc2ccccc2OCc2ccccc2)CC1. The maximum atomic E-state index is 11.9. The van der Waals surface area contributed by atoms with E-state index in [-0.39, 0.29) is 5.56 Å². The largest absolute Gasteiger partial charge is 0.489 e. The first-order valence-electron chi connectivity index (χ1n) is 10.6. The molecule has 0 spiro atoms. The van der Waals surface area contributed by atoms with Gasteiger partial charge in [0.2, 0.25) is 0 Å². The molecule has 156 valence electrons. The van der Waals surface area contributed by atoms with Gasteiger partial charge in [-0.05, 0) is 55.6 Å². The minimum atomic E-state index is 0.00932. The van der Waals surface area contributed by atoms with E-state index in [1.54, 1.807) is 6.20 Å². The molecule has 0 radical (unpaired) electrons. The molecule has 3 aromatic rings. The number of H-pyrrole nitrogens is 1. The Morgan fingerprint density at radius 3 is 2.30 bits per heavy atom. The van der Waals surface area contributed by atoms with Gasteiger partial charge in [-0.1, -0.05) is 48.5 Å². The maximum Gasteiger partial charge on any atom is 0.252 e. The number of hydrogen-bond acceptors (Lipinski definition) is 4. The molecule has 5 heteroatoms. The average Bonchev–Trinajstić information content (AvgIpc) is 2.80. The smallest absolute Gasteiger partial charge is 0.252 e. The molecule has 0 saturated carbocycles. The van der Waals surface area contributed by atoms with E-state index < -0.39 is 0 Å². The fourth-order valence-electron chi connectivity index (χ4n) is 3.76. The molecule has 1 aliphatic heterocycles. The topological polar surface area (TPSA) is 54.6 Å². The van der Waals surface area contributed by atoms with Crippen LogP contribution in [-0.4, -0.2) is 29.6 Å². The Morgan fingerprint density at radius 2 is 1.57 bits per heavy atom. The van der Waals surface area contributed by atoms with Gasteiger partial charge in [-0.3, -0.25) is 9.69 Å². The summed E-state index contributed by atoms with van der Waals surface area (Å²) in [4.78, 5) is 17.0. The molecule has 0 aliphatic carbocycles. The third-order valence-electron chi connectivity index (χ3n) is 5.56. The van der Waals surface area contributed by atoms with Crippen LogP contribution in [0.4, 0.5) is 0 Å². The second-order valence-corrected chi connectivity index (χ2v) is 7.78. The summed E-state index contributed by atoms with van der Waals surface area (Å²) in [5, 5.41) is 0. The molecule has 5 nitrogen and oxygen atoms in total. The van der Waals surface area contributed by atoms with Crippen molar-refractivity contribution in [3.8, 4) is 11.5 Å². The quantitative estimate of drug-likeness (QED) is 0.610. The first-order chi connectivity index (χ1) is 14.8. The number of rotatable bonds is 8. The molecule has 0 bridgehead atoms. The second kappa shape index (κ2) is 10.1. The number of pyridine rings is 1. The molecule has 0 amide bonds. The fourth-order valence-corrected chi connectivity index (χ4v) is 3.76. The van der Waals surface area contributed by atoms with Gasteiger partial charge in [0.15, 0.2) is 11.5 Å². The van der Waals surface area contributed by atoms with E-state index in [9.17, 15) is 4.79 Å². The van der Waals surface area contributed by atoms with Gasteiger partial charge in [0.25, 0.3) is 5.56 Å². The van der Waals surface area contributed by atoms with Gasteiger partial charge < -0.3 is 14.5 Å². The summed E-state index contributed by atoms with van der Waals surface area (Å²) >= 11 is 0. The highest BCUT2D eigenvalue weighted by molar-refractivity contribution is 5.39. The predicted octanol–water partition coefficient (Wildman–Crippen LogP) is 4.24. The second-order valence-electron chi connectivity index (χ2n) is 7.78. The number of nitrogens with one attached hydrogen (secondary N) is 1. The van der Waals surface area contributed by atoms with E-state index in [0.29, 0.717) is 25.7 Å². The number of piperidine rings is 1. The standard InChI is InChI=1S/C25H28N2O3/c28-25-22(9-6-14-26-25)17-27-15-12-21(13-16-27)19-30-24-11-5-4-10-23(24)29-18-20-7-2-1-3-8-20/h1-11,14,21H,12-13,15-19H2,(H,26,28). The summed E-state index contributed by atoms with van der Waals surface area (Å²) in [6, 6.07) is 21.8. The number of nitrogens with zero attached hydrogens (tertiary/aromatic N) is 1. The van der Waals surface area contributed by atoms with Crippen LogP contribution in [0.1, 0.15) is 24.0 Å². The number of ether oxygens (including phenoxy) is 2. The Labute approximate surface area is 177 Å². The maximum absolute atomic E-state index is 11.9. The molecule has 2 heterocycles. The van der Waals surface area contributed by atoms with E-state index in [1.807, 2.05) is 54.6 Å². The van der Waals surface area contributed by atoms with Crippen LogP contribution in [0.25, 0.3) is 0 Å². The lowest BCUT2D eigenvalue weighted by molar-refractivity contribution is 0.133. The van der Waals surface area contributed by atoms with E-state index in [1.165, 1.54) is 0 Å². The molecule has 1 aromatic heterocycles. The van der Waals surface area contributed by atoms with Crippen molar-refractivity contribution >= 4 is 0 Å². The van der Waals surface area contributed by atoms with Gasteiger partial charge in [0, 0.05) is 18.3 Å². The Kier molecular flexibility index (Phi) is 6.83. The van der Waals surface area contributed by atoms with E-state index in [4.69, 9.17) is 9.47 Å². The van der Waals surface area contributed by atoms with Crippen LogP contribution >= 0.6 is 0 Å². The van der Waals surface area contributed by atoms with Gasteiger partial charge in [-0.15, -0.1) is 0 Å². The lowest BCUT2D eigenvalue weighted by Gasteiger charge is -2.31. The molecule has 0 atom stereocenters. The summed E-state index contributed by atoms with van der Waals surface area (Å²) in [6.45, 7) is 3.88. The molecular weight excluding hydrogens is 376 g/mol.